The van der Waals surface area contributed by atoms with E-state index in [1.165, 1.54) is 51.7 Å². The van der Waals surface area contributed by atoms with Gasteiger partial charge >= 0.3 is 0 Å². The molecule has 1 aromatic rings. The molecule has 1 aromatic heterocycles. The molecule has 1 aliphatic heterocycles. The molecule has 2 heterocycles. The summed E-state index contributed by atoms with van der Waals surface area (Å²) in [5.41, 5.74) is 2.11. The van der Waals surface area contributed by atoms with Gasteiger partial charge in [-0.2, -0.15) is 0 Å². The van der Waals surface area contributed by atoms with Gasteiger partial charge in [-0.25, -0.2) is 0 Å². The Bertz CT molecular complexity index is 460. The molecular weight excluding hydrogens is 276 g/mol. The molecule has 118 valence electrons. The number of fused-ring (bicyclic) bond motifs is 1. The fraction of sp³-hybridized carbons (Fsp3) is 0.778. The highest BCUT2D eigenvalue weighted by atomic mass is 32.1. The smallest absolute Gasteiger partial charge is 0.0331 e. The van der Waals surface area contributed by atoms with Gasteiger partial charge in [0, 0.05) is 36.6 Å². The highest BCUT2D eigenvalue weighted by molar-refractivity contribution is 7.10. The second-order valence-corrected chi connectivity index (χ2v) is 8.44. The maximum Gasteiger partial charge on any atom is 0.0331 e. The maximum absolute atomic E-state index is 3.72. The number of hydrogen-bond acceptors (Lipinski definition) is 3. The van der Waals surface area contributed by atoms with Gasteiger partial charge in [-0.05, 0) is 48.6 Å². The maximum atomic E-state index is 3.72. The normalized spacial score (nSPS) is 25.4. The topological polar surface area (TPSA) is 15.3 Å². The van der Waals surface area contributed by atoms with Crippen LogP contribution in [0.1, 0.15) is 62.9 Å². The van der Waals surface area contributed by atoms with Crippen molar-refractivity contribution in [2.24, 2.45) is 5.41 Å². The lowest BCUT2D eigenvalue weighted by Crippen LogP contribution is -2.46. The van der Waals surface area contributed by atoms with Crippen LogP contribution in [0.2, 0.25) is 0 Å². The largest absolute Gasteiger partial charge is 0.314 e. The first-order valence-electron chi connectivity index (χ1n) is 8.63. The summed E-state index contributed by atoms with van der Waals surface area (Å²) in [5, 5.41) is 6.00. The van der Waals surface area contributed by atoms with Crippen molar-refractivity contribution in [3.05, 3.63) is 21.9 Å². The van der Waals surface area contributed by atoms with Gasteiger partial charge in [0.05, 0.1) is 0 Å². The van der Waals surface area contributed by atoms with Crippen LogP contribution in [-0.4, -0.2) is 30.6 Å². The molecule has 3 rings (SSSR count). The van der Waals surface area contributed by atoms with Crippen LogP contribution in [0.15, 0.2) is 11.4 Å². The summed E-state index contributed by atoms with van der Waals surface area (Å²) in [5.74, 6) is 0. The SMILES string of the molecule is CC(C)NCC1(CN2CCc3sccc3C2C)CCCC1. The van der Waals surface area contributed by atoms with Crippen molar-refractivity contribution in [3.8, 4) is 0 Å². The monoisotopic (exact) mass is 306 g/mol. The molecule has 0 spiro atoms. The first-order chi connectivity index (χ1) is 10.1. The molecule has 21 heavy (non-hydrogen) atoms. The van der Waals surface area contributed by atoms with Gasteiger partial charge in [0.1, 0.15) is 0 Å². The Hall–Kier alpha value is -0.380. The van der Waals surface area contributed by atoms with Crippen LogP contribution >= 0.6 is 11.3 Å². The summed E-state index contributed by atoms with van der Waals surface area (Å²) in [7, 11) is 0. The Morgan fingerprint density at radius 3 is 2.86 bits per heavy atom. The summed E-state index contributed by atoms with van der Waals surface area (Å²) in [4.78, 5) is 4.38. The van der Waals surface area contributed by atoms with E-state index in [4.69, 9.17) is 0 Å². The minimum atomic E-state index is 0.520. The summed E-state index contributed by atoms with van der Waals surface area (Å²) < 4.78 is 0. The lowest BCUT2D eigenvalue weighted by molar-refractivity contribution is 0.107. The summed E-state index contributed by atoms with van der Waals surface area (Å²) in [6.07, 6.45) is 6.92. The fourth-order valence-electron chi connectivity index (χ4n) is 4.14. The number of hydrogen-bond donors (Lipinski definition) is 1. The number of nitrogens with one attached hydrogen (secondary N) is 1. The van der Waals surface area contributed by atoms with E-state index in [1.807, 2.05) is 11.3 Å². The molecule has 1 saturated carbocycles. The zero-order chi connectivity index (χ0) is 14.9. The van der Waals surface area contributed by atoms with Gasteiger partial charge < -0.3 is 5.32 Å². The quantitative estimate of drug-likeness (QED) is 0.876. The third-order valence-corrected chi connectivity index (χ3v) is 6.49. The van der Waals surface area contributed by atoms with Gasteiger partial charge in [-0.15, -0.1) is 11.3 Å². The van der Waals surface area contributed by atoms with Crippen molar-refractivity contribution in [1.82, 2.24) is 10.2 Å². The predicted molar refractivity (Wildman–Crippen MR) is 92.1 cm³/mol. The van der Waals surface area contributed by atoms with Gasteiger partial charge in [-0.1, -0.05) is 26.7 Å². The lowest BCUT2D eigenvalue weighted by atomic mass is 9.84. The predicted octanol–water partition coefficient (Wildman–Crippen LogP) is 4.23. The Morgan fingerprint density at radius 2 is 2.14 bits per heavy atom. The molecular formula is C18H30N2S. The van der Waals surface area contributed by atoms with E-state index in [2.05, 4.69) is 42.4 Å². The second kappa shape index (κ2) is 6.39. The zero-order valence-corrected chi connectivity index (χ0v) is 14.6. The van der Waals surface area contributed by atoms with E-state index in [-0.39, 0.29) is 0 Å². The first-order valence-corrected chi connectivity index (χ1v) is 9.51. The van der Waals surface area contributed by atoms with Gasteiger partial charge in [0.2, 0.25) is 0 Å². The molecule has 0 aromatic carbocycles. The molecule has 1 atom stereocenters. The third-order valence-electron chi connectivity index (χ3n) is 5.49. The Balaban J connectivity index is 1.69. The van der Waals surface area contributed by atoms with E-state index >= 15 is 0 Å². The minimum absolute atomic E-state index is 0.520. The summed E-state index contributed by atoms with van der Waals surface area (Å²) in [6, 6.07) is 3.56. The van der Waals surface area contributed by atoms with Crippen LogP contribution in [0.4, 0.5) is 0 Å². The minimum Gasteiger partial charge on any atom is -0.314 e. The summed E-state index contributed by atoms with van der Waals surface area (Å²) >= 11 is 1.95. The Morgan fingerprint density at radius 1 is 1.38 bits per heavy atom. The average Bonchev–Trinajstić information content (AvgIpc) is 3.10. The molecule has 0 bridgehead atoms. The Kier molecular flexibility index (Phi) is 4.72. The molecule has 0 saturated heterocycles. The number of nitrogens with zero attached hydrogens (tertiary/aromatic N) is 1. The van der Waals surface area contributed by atoms with Gasteiger partial charge in [-0.3, -0.25) is 4.90 Å². The van der Waals surface area contributed by atoms with Crippen molar-refractivity contribution in [2.75, 3.05) is 19.6 Å². The number of rotatable bonds is 5. The van der Waals surface area contributed by atoms with Crippen LogP contribution in [0.25, 0.3) is 0 Å². The lowest BCUT2D eigenvalue weighted by Gasteiger charge is -2.41. The molecule has 0 amide bonds. The molecule has 2 aliphatic rings. The van der Waals surface area contributed by atoms with Crippen molar-refractivity contribution in [1.29, 1.82) is 0 Å². The highest BCUT2D eigenvalue weighted by Crippen LogP contribution is 2.41. The van der Waals surface area contributed by atoms with E-state index in [1.54, 1.807) is 10.4 Å². The molecule has 0 radical (unpaired) electrons. The van der Waals surface area contributed by atoms with Gasteiger partial charge in [0.15, 0.2) is 0 Å². The summed E-state index contributed by atoms with van der Waals surface area (Å²) in [6.45, 7) is 10.7. The van der Waals surface area contributed by atoms with E-state index in [0.29, 0.717) is 17.5 Å². The third kappa shape index (κ3) is 3.35. The molecule has 1 fully saturated rings. The average molecular weight is 307 g/mol. The van der Waals surface area contributed by atoms with E-state index in [0.717, 1.165) is 0 Å². The van der Waals surface area contributed by atoms with Crippen molar-refractivity contribution >= 4 is 11.3 Å². The molecule has 2 nitrogen and oxygen atoms in total. The fourth-order valence-corrected chi connectivity index (χ4v) is 5.11. The molecule has 3 heteroatoms. The first kappa shape index (κ1) is 15.5. The van der Waals surface area contributed by atoms with Crippen LogP contribution < -0.4 is 5.32 Å². The van der Waals surface area contributed by atoms with Crippen molar-refractivity contribution < 1.29 is 0 Å². The van der Waals surface area contributed by atoms with Crippen LogP contribution in [0, 0.1) is 5.41 Å². The van der Waals surface area contributed by atoms with Crippen molar-refractivity contribution in [3.63, 3.8) is 0 Å². The van der Waals surface area contributed by atoms with Crippen molar-refractivity contribution in [2.45, 2.75) is 65.0 Å². The molecule has 1 N–H and O–H groups in total. The molecule has 1 unspecified atom stereocenters. The van der Waals surface area contributed by atoms with E-state index < -0.39 is 0 Å². The van der Waals surface area contributed by atoms with Crippen LogP contribution in [0.5, 0.6) is 0 Å². The van der Waals surface area contributed by atoms with Gasteiger partial charge in [0.25, 0.3) is 0 Å². The standard InChI is InChI=1S/C18H30N2S/c1-14(2)19-12-18(8-4-5-9-18)13-20-10-6-17-16(15(20)3)7-11-21-17/h7,11,14-15,19H,4-6,8-10,12-13H2,1-3H3. The van der Waals surface area contributed by atoms with Crippen LogP contribution in [0.3, 0.4) is 0 Å². The highest BCUT2D eigenvalue weighted by Gasteiger charge is 2.37. The second-order valence-electron chi connectivity index (χ2n) is 7.44. The van der Waals surface area contributed by atoms with Crippen LogP contribution in [-0.2, 0) is 6.42 Å². The Labute approximate surface area is 133 Å². The zero-order valence-electron chi connectivity index (χ0n) is 13.8. The number of thiophene rings is 1. The van der Waals surface area contributed by atoms with E-state index in [9.17, 15) is 0 Å². The molecule has 1 aliphatic carbocycles.